The summed E-state index contributed by atoms with van der Waals surface area (Å²) in [5, 5.41) is 0. The Morgan fingerprint density at radius 2 is 1.89 bits per heavy atom. The molecule has 0 saturated heterocycles. The maximum Gasteiger partial charge on any atom is 0.163 e. The summed E-state index contributed by atoms with van der Waals surface area (Å²) in [6, 6.07) is 1.97. The highest BCUT2D eigenvalue weighted by Crippen LogP contribution is 2.29. The van der Waals surface area contributed by atoms with Crippen LogP contribution in [0.4, 0.5) is 0 Å². The highest BCUT2D eigenvalue weighted by Gasteiger charge is 2.17. The molecule has 0 bridgehead atoms. The van der Waals surface area contributed by atoms with E-state index in [1.165, 1.54) is 0 Å². The summed E-state index contributed by atoms with van der Waals surface area (Å²) in [5.74, 6) is 1.57. The molecule has 0 aliphatic heterocycles. The fourth-order valence-electron chi connectivity index (χ4n) is 2.20. The first-order valence-corrected chi connectivity index (χ1v) is 7.28. The van der Waals surface area contributed by atoms with Crippen LogP contribution in [0.2, 0.25) is 0 Å². The first-order chi connectivity index (χ1) is 8.88. The highest BCUT2D eigenvalue weighted by atomic mass is 35.5. The molecule has 1 rings (SSSR count). The predicted octanol–water partition coefficient (Wildman–Crippen LogP) is 4.60. The first kappa shape index (κ1) is 16.0. The van der Waals surface area contributed by atoms with Crippen LogP contribution in [0.3, 0.4) is 0 Å². The number of ketones is 1. The predicted molar refractivity (Wildman–Crippen MR) is 80.7 cm³/mol. The summed E-state index contributed by atoms with van der Waals surface area (Å²) in [4.78, 5) is 12.2. The molecule has 19 heavy (non-hydrogen) atoms. The third kappa shape index (κ3) is 3.97. The average molecular weight is 283 g/mol. The van der Waals surface area contributed by atoms with Crippen LogP contribution in [0.5, 0.6) is 5.75 Å². The van der Waals surface area contributed by atoms with E-state index in [9.17, 15) is 4.79 Å². The summed E-state index contributed by atoms with van der Waals surface area (Å²) in [6.07, 6.45) is 1.37. The molecular weight excluding hydrogens is 260 g/mol. The number of carbonyl (C=O) groups is 1. The molecule has 1 aromatic carbocycles. The minimum Gasteiger partial charge on any atom is -0.491 e. The molecule has 0 N–H and O–H groups in total. The second kappa shape index (κ2) is 6.95. The Bertz CT molecular complexity index is 464. The Labute approximate surface area is 121 Å². The van der Waals surface area contributed by atoms with Gasteiger partial charge in [-0.25, -0.2) is 0 Å². The molecule has 0 saturated carbocycles. The lowest BCUT2D eigenvalue weighted by atomic mass is 9.93. The SMILES string of the molecule is Cc1cc(OC(C)C)c(C)c(C)c1C(=O)CCCCl. The Kier molecular flexibility index (Phi) is 5.86. The molecule has 0 aliphatic rings. The molecule has 2 nitrogen and oxygen atoms in total. The first-order valence-electron chi connectivity index (χ1n) is 6.75. The van der Waals surface area contributed by atoms with Crippen LogP contribution in [-0.4, -0.2) is 17.8 Å². The van der Waals surface area contributed by atoms with E-state index < -0.39 is 0 Å². The summed E-state index contributed by atoms with van der Waals surface area (Å²) in [5.41, 5.74) is 3.89. The maximum atomic E-state index is 12.2. The summed E-state index contributed by atoms with van der Waals surface area (Å²) in [6.45, 7) is 9.97. The van der Waals surface area contributed by atoms with Crippen molar-refractivity contribution >= 4 is 17.4 Å². The van der Waals surface area contributed by atoms with Crippen LogP contribution in [0.15, 0.2) is 6.07 Å². The fraction of sp³-hybridized carbons (Fsp3) is 0.562. The molecule has 0 radical (unpaired) electrons. The van der Waals surface area contributed by atoms with Gasteiger partial charge in [0, 0.05) is 17.9 Å². The maximum absolute atomic E-state index is 12.2. The summed E-state index contributed by atoms with van der Waals surface area (Å²) in [7, 11) is 0. The number of Topliss-reactive ketones (excluding diaryl/α,β-unsaturated/α-hetero) is 1. The third-order valence-electron chi connectivity index (χ3n) is 3.23. The van der Waals surface area contributed by atoms with Gasteiger partial charge in [0.25, 0.3) is 0 Å². The van der Waals surface area contributed by atoms with E-state index in [-0.39, 0.29) is 11.9 Å². The van der Waals surface area contributed by atoms with Gasteiger partial charge in [-0.1, -0.05) is 0 Å². The largest absolute Gasteiger partial charge is 0.491 e. The van der Waals surface area contributed by atoms with Crippen LogP contribution in [0.1, 0.15) is 53.7 Å². The summed E-state index contributed by atoms with van der Waals surface area (Å²) >= 11 is 5.65. The van der Waals surface area contributed by atoms with E-state index in [4.69, 9.17) is 16.3 Å². The van der Waals surface area contributed by atoms with Crippen molar-refractivity contribution in [2.75, 3.05) is 5.88 Å². The molecule has 0 fully saturated rings. The minimum absolute atomic E-state index is 0.135. The Morgan fingerprint density at radius 1 is 1.26 bits per heavy atom. The number of rotatable bonds is 6. The fourth-order valence-corrected chi connectivity index (χ4v) is 2.34. The smallest absolute Gasteiger partial charge is 0.163 e. The second-order valence-electron chi connectivity index (χ2n) is 5.20. The van der Waals surface area contributed by atoms with Crippen LogP contribution in [-0.2, 0) is 0 Å². The van der Waals surface area contributed by atoms with Gasteiger partial charge >= 0.3 is 0 Å². The minimum atomic E-state index is 0.135. The zero-order chi connectivity index (χ0) is 14.6. The average Bonchev–Trinajstić information content (AvgIpc) is 2.32. The van der Waals surface area contributed by atoms with E-state index in [1.807, 2.05) is 40.7 Å². The van der Waals surface area contributed by atoms with Gasteiger partial charge in [0.15, 0.2) is 5.78 Å². The number of hydrogen-bond donors (Lipinski definition) is 0. The van der Waals surface area contributed by atoms with Crippen molar-refractivity contribution in [3.8, 4) is 5.75 Å². The zero-order valence-corrected chi connectivity index (χ0v) is 13.2. The van der Waals surface area contributed by atoms with Crippen LogP contribution in [0, 0.1) is 20.8 Å². The van der Waals surface area contributed by atoms with Crippen LogP contribution < -0.4 is 4.74 Å². The van der Waals surface area contributed by atoms with E-state index in [2.05, 4.69) is 0 Å². The number of halogens is 1. The molecule has 0 atom stereocenters. The monoisotopic (exact) mass is 282 g/mol. The molecule has 0 unspecified atom stereocenters. The van der Waals surface area contributed by atoms with Crippen molar-refractivity contribution in [1.29, 1.82) is 0 Å². The molecule has 0 aromatic heterocycles. The molecular formula is C16H23ClO2. The van der Waals surface area contributed by atoms with E-state index in [1.54, 1.807) is 0 Å². The van der Waals surface area contributed by atoms with Gasteiger partial charge in [-0.2, -0.15) is 0 Å². The van der Waals surface area contributed by atoms with Gasteiger partial charge in [-0.05, 0) is 63.8 Å². The van der Waals surface area contributed by atoms with Gasteiger partial charge in [-0.3, -0.25) is 4.79 Å². The van der Waals surface area contributed by atoms with Gasteiger partial charge in [0.05, 0.1) is 6.10 Å². The van der Waals surface area contributed by atoms with Crippen molar-refractivity contribution in [2.24, 2.45) is 0 Å². The lowest BCUT2D eigenvalue weighted by Crippen LogP contribution is -2.11. The van der Waals surface area contributed by atoms with Crippen LogP contribution in [0.25, 0.3) is 0 Å². The van der Waals surface area contributed by atoms with Gasteiger partial charge < -0.3 is 4.74 Å². The van der Waals surface area contributed by atoms with Gasteiger partial charge in [-0.15, -0.1) is 11.6 Å². The highest BCUT2D eigenvalue weighted by molar-refractivity contribution is 6.18. The Morgan fingerprint density at radius 3 is 2.42 bits per heavy atom. The topological polar surface area (TPSA) is 26.3 Å². The Hall–Kier alpha value is -1.02. The number of alkyl halides is 1. The molecule has 0 spiro atoms. The van der Waals surface area contributed by atoms with E-state index in [0.29, 0.717) is 12.3 Å². The Balaban J connectivity index is 3.14. The molecule has 1 aromatic rings. The van der Waals surface area contributed by atoms with Crippen molar-refractivity contribution in [1.82, 2.24) is 0 Å². The van der Waals surface area contributed by atoms with Crippen molar-refractivity contribution < 1.29 is 9.53 Å². The number of hydrogen-bond acceptors (Lipinski definition) is 2. The normalized spacial score (nSPS) is 10.9. The van der Waals surface area contributed by atoms with Gasteiger partial charge in [0.1, 0.15) is 5.75 Å². The van der Waals surface area contributed by atoms with E-state index >= 15 is 0 Å². The molecule has 0 aliphatic carbocycles. The molecule has 106 valence electrons. The zero-order valence-electron chi connectivity index (χ0n) is 12.5. The standard InChI is InChI=1S/C16H23ClO2/c1-10(2)19-15-9-11(3)16(13(5)12(15)4)14(18)7-6-8-17/h9-10H,6-8H2,1-5H3. The van der Waals surface area contributed by atoms with Crippen molar-refractivity contribution in [3.63, 3.8) is 0 Å². The third-order valence-corrected chi connectivity index (χ3v) is 3.50. The molecule has 0 heterocycles. The van der Waals surface area contributed by atoms with Crippen molar-refractivity contribution in [2.45, 2.75) is 53.6 Å². The number of benzene rings is 1. The number of ether oxygens (including phenoxy) is 1. The van der Waals surface area contributed by atoms with Crippen LogP contribution >= 0.6 is 11.6 Å². The van der Waals surface area contributed by atoms with Crippen molar-refractivity contribution in [3.05, 3.63) is 28.3 Å². The van der Waals surface area contributed by atoms with Gasteiger partial charge in [0.2, 0.25) is 0 Å². The molecule has 0 amide bonds. The number of aryl methyl sites for hydroxylation is 1. The summed E-state index contributed by atoms with van der Waals surface area (Å²) < 4.78 is 5.79. The van der Waals surface area contributed by atoms with E-state index in [0.717, 1.165) is 34.4 Å². The lowest BCUT2D eigenvalue weighted by molar-refractivity contribution is 0.0980. The quantitative estimate of drug-likeness (QED) is 0.563. The molecule has 3 heteroatoms. The second-order valence-corrected chi connectivity index (χ2v) is 5.58. The number of carbonyl (C=O) groups excluding carboxylic acids is 1. The lowest BCUT2D eigenvalue weighted by Gasteiger charge is -2.18.